The summed E-state index contributed by atoms with van der Waals surface area (Å²) < 4.78 is 27.1. The number of aliphatic carboxylic acids is 1. The van der Waals surface area contributed by atoms with Gasteiger partial charge >= 0.3 is 5.97 Å². The van der Waals surface area contributed by atoms with Crippen molar-refractivity contribution in [1.82, 2.24) is 25.3 Å². The number of carbonyl (C=O) groups is 4. The van der Waals surface area contributed by atoms with E-state index in [-0.39, 0.29) is 60.0 Å². The number of hydrogen-bond acceptors (Lipinski definition) is 15. The normalized spacial score (nSPS) is 11.7. The number of amides is 1. The minimum absolute atomic E-state index is 0.0210. The minimum Gasteiger partial charge on any atom is -0.480 e. The van der Waals surface area contributed by atoms with Gasteiger partial charge in [-0.1, -0.05) is 0 Å². The van der Waals surface area contributed by atoms with Gasteiger partial charge in [-0.25, -0.2) is 14.8 Å². The van der Waals surface area contributed by atoms with Crippen LogP contribution in [0, 0.1) is 0 Å². The number of carboxylic acid groups (broad SMARTS) is 1. The number of aromatic nitrogens is 4. The Bertz CT molecular complexity index is 1710. The number of Topliss-reactive ketones (excluding diaryl/α,β-unsaturated/α-hetero) is 2. The summed E-state index contributed by atoms with van der Waals surface area (Å²) in [5.74, 6) is -1.75. The van der Waals surface area contributed by atoms with E-state index in [1.165, 1.54) is 18.3 Å². The highest BCUT2D eigenvalue weighted by Crippen LogP contribution is 2.13. The Balaban J connectivity index is 1.17. The molecule has 18 nitrogen and oxygen atoms in total. The first-order valence-electron chi connectivity index (χ1n) is 19.0. The van der Waals surface area contributed by atoms with Crippen LogP contribution in [0.1, 0.15) is 80.8 Å². The molecule has 0 spiro atoms. The number of carboxylic acids is 1. The molecule has 0 aliphatic carbocycles. The van der Waals surface area contributed by atoms with Gasteiger partial charge in [0, 0.05) is 56.8 Å². The van der Waals surface area contributed by atoms with Gasteiger partial charge < -0.3 is 45.2 Å². The molecule has 0 radical (unpaired) electrons. The molecule has 0 aliphatic rings. The van der Waals surface area contributed by atoms with E-state index in [2.05, 4.69) is 30.6 Å². The molecule has 3 aromatic rings. The van der Waals surface area contributed by atoms with Gasteiger partial charge in [0.1, 0.15) is 17.6 Å². The van der Waals surface area contributed by atoms with Gasteiger partial charge in [0.15, 0.2) is 11.2 Å². The van der Waals surface area contributed by atoms with Crippen LogP contribution >= 0.6 is 0 Å². The van der Waals surface area contributed by atoms with Crippen molar-refractivity contribution in [3.8, 4) is 0 Å². The predicted molar refractivity (Wildman–Crippen MR) is 206 cm³/mol. The molecule has 0 bridgehead atoms. The van der Waals surface area contributed by atoms with Crippen LogP contribution in [0.25, 0.3) is 11.2 Å². The fourth-order valence-corrected chi connectivity index (χ4v) is 5.19. The number of rotatable bonds is 32. The highest BCUT2D eigenvalue weighted by atomic mass is 16.5. The van der Waals surface area contributed by atoms with Crippen molar-refractivity contribution >= 4 is 46.2 Å². The first kappa shape index (κ1) is 45.5. The van der Waals surface area contributed by atoms with Crippen molar-refractivity contribution in [2.75, 3.05) is 77.1 Å². The van der Waals surface area contributed by atoms with Crippen LogP contribution in [0.4, 0.5) is 11.6 Å². The molecule has 1 aromatic carbocycles. The van der Waals surface area contributed by atoms with Crippen molar-refractivity contribution in [2.45, 2.75) is 77.3 Å². The van der Waals surface area contributed by atoms with Gasteiger partial charge in [-0.2, -0.15) is 4.98 Å². The number of nitrogens with zero attached hydrogens (tertiary/aromatic N) is 3. The number of H-pyrrole nitrogens is 1. The second kappa shape index (κ2) is 26.8. The van der Waals surface area contributed by atoms with Crippen LogP contribution < -0.4 is 21.9 Å². The third-order valence-corrected chi connectivity index (χ3v) is 8.26. The maximum Gasteiger partial charge on any atom is 0.326 e. The molecular formula is C38H55N7O11. The van der Waals surface area contributed by atoms with Crippen LogP contribution in [-0.2, 0) is 44.6 Å². The molecule has 2 heterocycles. The zero-order valence-corrected chi connectivity index (χ0v) is 32.1. The maximum absolute atomic E-state index is 12.8. The molecule has 18 heteroatoms. The number of fused-ring (bicyclic) bond motifs is 1. The Morgan fingerprint density at radius 1 is 0.768 bits per heavy atom. The standard InChI is InChI=1S/C38H55N7O11/c1-2-52-19-20-55-18-15-31(47)8-4-6-17-54-22-24-56-23-21-53-16-5-3-7-30(46)13-14-32(37(50)51)43-35(48)27-9-11-28(12-10-27)40-25-29-26-41-34-33(42-29)36(49)45-38(39)44-34/h9-12,26,32,40H,2-8,13-25H2,1H3,(H,43,48)(H,50,51)(H3,39,41,44,45,49)/t32-/m0/s1. The number of ether oxygens (including phenoxy) is 5. The quantitative estimate of drug-likeness (QED) is 0.0570. The lowest BCUT2D eigenvalue weighted by Gasteiger charge is -2.14. The molecule has 1 amide bonds. The predicted octanol–water partition coefficient (Wildman–Crippen LogP) is 2.84. The fraction of sp³-hybridized carbons (Fsp3) is 0.579. The summed E-state index contributed by atoms with van der Waals surface area (Å²) in [4.78, 5) is 75.6. The Labute approximate surface area is 325 Å². The summed E-state index contributed by atoms with van der Waals surface area (Å²) >= 11 is 0. The molecule has 0 fully saturated rings. The second-order valence-electron chi connectivity index (χ2n) is 12.7. The van der Waals surface area contributed by atoms with Crippen LogP contribution in [-0.4, -0.2) is 121 Å². The van der Waals surface area contributed by atoms with Gasteiger partial charge in [0.2, 0.25) is 5.95 Å². The van der Waals surface area contributed by atoms with E-state index in [4.69, 9.17) is 29.4 Å². The van der Waals surface area contributed by atoms with E-state index in [9.17, 15) is 29.1 Å². The van der Waals surface area contributed by atoms with Gasteiger partial charge in [-0.3, -0.25) is 24.2 Å². The second-order valence-corrected chi connectivity index (χ2v) is 12.7. The zero-order chi connectivity index (χ0) is 40.4. The number of aromatic amines is 1. The summed E-state index contributed by atoms with van der Waals surface area (Å²) in [6.07, 6.45) is 5.56. The lowest BCUT2D eigenvalue weighted by molar-refractivity contribution is -0.139. The van der Waals surface area contributed by atoms with Crippen LogP contribution in [0.3, 0.4) is 0 Å². The number of benzene rings is 1. The van der Waals surface area contributed by atoms with Crippen molar-refractivity contribution in [3.05, 3.63) is 52.1 Å². The summed E-state index contributed by atoms with van der Waals surface area (Å²) in [6, 6.07) is 5.14. The topological polar surface area (TPSA) is 256 Å². The van der Waals surface area contributed by atoms with E-state index in [1.807, 2.05) is 6.92 Å². The van der Waals surface area contributed by atoms with Gasteiger partial charge in [-0.15, -0.1) is 0 Å². The zero-order valence-electron chi connectivity index (χ0n) is 32.1. The van der Waals surface area contributed by atoms with Crippen LogP contribution in [0.2, 0.25) is 0 Å². The van der Waals surface area contributed by atoms with Crippen LogP contribution in [0.5, 0.6) is 0 Å². The lowest BCUT2D eigenvalue weighted by atomic mass is 10.0. The number of carbonyl (C=O) groups excluding carboxylic acids is 3. The lowest BCUT2D eigenvalue weighted by Crippen LogP contribution is -2.41. The highest BCUT2D eigenvalue weighted by molar-refractivity contribution is 5.97. The van der Waals surface area contributed by atoms with Crippen LogP contribution in [0.15, 0.2) is 35.3 Å². The van der Waals surface area contributed by atoms with E-state index < -0.39 is 23.5 Å². The highest BCUT2D eigenvalue weighted by Gasteiger charge is 2.22. The maximum atomic E-state index is 12.8. The molecular weight excluding hydrogens is 730 g/mol. The molecule has 308 valence electrons. The Morgan fingerprint density at radius 2 is 1.36 bits per heavy atom. The summed E-state index contributed by atoms with van der Waals surface area (Å²) in [7, 11) is 0. The van der Waals surface area contributed by atoms with E-state index >= 15 is 0 Å². The smallest absolute Gasteiger partial charge is 0.326 e. The number of unbranched alkanes of at least 4 members (excludes halogenated alkanes) is 2. The third kappa shape index (κ3) is 18.6. The number of anilines is 2. The van der Waals surface area contributed by atoms with E-state index in [1.54, 1.807) is 12.1 Å². The molecule has 0 saturated carbocycles. The van der Waals surface area contributed by atoms with Crippen molar-refractivity contribution < 1.29 is 48.0 Å². The molecule has 3 rings (SSSR count). The number of ketones is 2. The fourth-order valence-electron chi connectivity index (χ4n) is 5.19. The average molecular weight is 786 g/mol. The monoisotopic (exact) mass is 785 g/mol. The Hall–Kier alpha value is -4.88. The molecule has 56 heavy (non-hydrogen) atoms. The number of nitrogens with one attached hydrogen (secondary N) is 3. The average Bonchev–Trinajstić information content (AvgIpc) is 3.18. The van der Waals surface area contributed by atoms with Crippen molar-refractivity contribution in [2.24, 2.45) is 0 Å². The first-order chi connectivity index (χ1) is 27.2. The molecule has 0 unspecified atom stereocenters. The summed E-state index contributed by atoms with van der Waals surface area (Å²) in [6.45, 7) is 7.10. The summed E-state index contributed by atoms with van der Waals surface area (Å²) in [5.41, 5.74) is 6.60. The number of hydrogen-bond donors (Lipinski definition) is 5. The van der Waals surface area contributed by atoms with Crippen molar-refractivity contribution in [3.63, 3.8) is 0 Å². The minimum atomic E-state index is -1.23. The van der Waals surface area contributed by atoms with E-state index in [0.29, 0.717) is 103 Å². The number of nitrogen functional groups attached to an aromatic ring is 1. The largest absolute Gasteiger partial charge is 0.480 e. The number of nitrogens with two attached hydrogens (primary N) is 1. The molecule has 1 atom stereocenters. The van der Waals surface area contributed by atoms with E-state index in [0.717, 1.165) is 12.8 Å². The Kier molecular flexibility index (Phi) is 21.8. The third-order valence-electron chi connectivity index (χ3n) is 8.26. The molecule has 0 saturated heterocycles. The van der Waals surface area contributed by atoms with Gasteiger partial charge in [-0.05, 0) is 63.3 Å². The Morgan fingerprint density at radius 3 is 1.98 bits per heavy atom. The SMILES string of the molecule is CCOCCOCCC(=O)CCCCOCCOCCOCCCCC(=O)CC[C@H](NC(=O)c1ccc(NCc2cnc3nc(N)[nH]c(=O)c3n2)cc1)C(=O)O. The first-order valence-corrected chi connectivity index (χ1v) is 19.0. The van der Waals surface area contributed by atoms with Gasteiger partial charge in [0.25, 0.3) is 11.5 Å². The van der Waals surface area contributed by atoms with Gasteiger partial charge in [0.05, 0.1) is 64.7 Å². The van der Waals surface area contributed by atoms with Crippen molar-refractivity contribution in [1.29, 1.82) is 0 Å². The summed E-state index contributed by atoms with van der Waals surface area (Å²) in [5, 5.41) is 15.3. The molecule has 2 aromatic heterocycles. The molecule has 6 N–H and O–H groups in total. The molecule has 0 aliphatic heterocycles.